The van der Waals surface area contributed by atoms with Crippen molar-refractivity contribution in [3.63, 3.8) is 0 Å². The lowest BCUT2D eigenvalue weighted by Crippen LogP contribution is -2.21. The van der Waals surface area contributed by atoms with Crippen molar-refractivity contribution in [2.45, 2.75) is 13.3 Å². The number of amides is 2. The first kappa shape index (κ1) is 15.1. The first-order valence-corrected chi connectivity index (χ1v) is 7.32. The van der Waals surface area contributed by atoms with Gasteiger partial charge in [-0.15, -0.1) is 11.3 Å². The topological polar surface area (TPSA) is 81.4 Å². The second-order valence-corrected chi connectivity index (χ2v) is 5.46. The second kappa shape index (κ2) is 6.90. The Labute approximate surface area is 126 Å². The van der Waals surface area contributed by atoms with Crippen molar-refractivity contribution in [2.24, 2.45) is 5.73 Å². The summed E-state index contributed by atoms with van der Waals surface area (Å²) < 4.78 is 5.35. The Morgan fingerprint density at radius 2 is 2.00 bits per heavy atom. The van der Waals surface area contributed by atoms with E-state index >= 15 is 0 Å². The molecule has 2 amide bonds. The Balaban J connectivity index is 1.99. The average molecular weight is 304 g/mol. The van der Waals surface area contributed by atoms with Crippen molar-refractivity contribution in [3.05, 3.63) is 46.8 Å². The van der Waals surface area contributed by atoms with Crippen LogP contribution in [0, 0.1) is 0 Å². The SMILES string of the molecule is CCc1cc(C(N)=O)c(NC(=O)COc2ccccc2)s1. The van der Waals surface area contributed by atoms with Crippen molar-refractivity contribution in [1.29, 1.82) is 0 Å². The zero-order chi connectivity index (χ0) is 15.2. The maximum Gasteiger partial charge on any atom is 0.262 e. The molecule has 0 atom stereocenters. The summed E-state index contributed by atoms with van der Waals surface area (Å²) in [6.07, 6.45) is 0.779. The third kappa shape index (κ3) is 4.06. The highest BCUT2D eigenvalue weighted by atomic mass is 32.1. The van der Waals surface area contributed by atoms with E-state index in [9.17, 15) is 9.59 Å². The van der Waals surface area contributed by atoms with Gasteiger partial charge in [0.15, 0.2) is 6.61 Å². The highest BCUT2D eigenvalue weighted by Crippen LogP contribution is 2.28. The number of ether oxygens (including phenoxy) is 1. The van der Waals surface area contributed by atoms with Crippen molar-refractivity contribution < 1.29 is 14.3 Å². The summed E-state index contributed by atoms with van der Waals surface area (Å²) in [7, 11) is 0. The number of aryl methyl sites for hydroxylation is 1. The highest BCUT2D eigenvalue weighted by Gasteiger charge is 2.15. The molecule has 2 aromatic rings. The van der Waals surface area contributed by atoms with E-state index < -0.39 is 5.91 Å². The lowest BCUT2D eigenvalue weighted by atomic mass is 10.2. The molecule has 0 aliphatic rings. The molecule has 0 radical (unpaired) electrons. The summed E-state index contributed by atoms with van der Waals surface area (Å²) in [5.41, 5.74) is 5.65. The van der Waals surface area contributed by atoms with E-state index in [0.717, 1.165) is 11.3 Å². The van der Waals surface area contributed by atoms with E-state index in [1.807, 2.05) is 25.1 Å². The van der Waals surface area contributed by atoms with Gasteiger partial charge in [0, 0.05) is 4.88 Å². The van der Waals surface area contributed by atoms with Crippen LogP contribution >= 0.6 is 11.3 Å². The van der Waals surface area contributed by atoms with Crippen LogP contribution in [0.3, 0.4) is 0 Å². The molecular weight excluding hydrogens is 288 g/mol. The van der Waals surface area contributed by atoms with Gasteiger partial charge in [0.2, 0.25) is 0 Å². The van der Waals surface area contributed by atoms with Crippen LogP contribution < -0.4 is 15.8 Å². The lowest BCUT2D eigenvalue weighted by molar-refractivity contribution is -0.118. The third-order valence-corrected chi connectivity index (χ3v) is 3.96. The van der Waals surface area contributed by atoms with Crippen LogP contribution in [0.1, 0.15) is 22.2 Å². The van der Waals surface area contributed by atoms with Gasteiger partial charge in [0.25, 0.3) is 11.8 Å². The van der Waals surface area contributed by atoms with Crippen LogP contribution in [0.15, 0.2) is 36.4 Å². The Kier molecular flexibility index (Phi) is 4.94. The van der Waals surface area contributed by atoms with Gasteiger partial charge in [-0.2, -0.15) is 0 Å². The van der Waals surface area contributed by atoms with Crippen molar-refractivity contribution in [3.8, 4) is 5.75 Å². The summed E-state index contributed by atoms with van der Waals surface area (Å²) >= 11 is 1.35. The molecular formula is C15H16N2O3S. The molecule has 0 spiro atoms. The number of thiophene rings is 1. The number of anilines is 1. The smallest absolute Gasteiger partial charge is 0.262 e. The van der Waals surface area contributed by atoms with Crippen LogP contribution in [0.4, 0.5) is 5.00 Å². The number of hydrogen-bond donors (Lipinski definition) is 2. The van der Waals surface area contributed by atoms with Gasteiger partial charge in [0.05, 0.1) is 5.56 Å². The van der Waals surface area contributed by atoms with Crippen LogP contribution in [-0.4, -0.2) is 18.4 Å². The lowest BCUT2D eigenvalue weighted by Gasteiger charge is -2.06. The minimum atomic E-state index is -0.551. The van der Waals surface area contributed by atoms with Gasteiger partial charge in [-0.25, -0.2) is 0 Å². The van der Waals surface area contributed by atoms with Gasteiger partial charge in [0.1, 0.15) is 10.8 Å². The number of primary amides is 1. The molecule has 0 fully saturated rings. The van der Waals surface area contributed by atoms with Gasteiger partial charge in [-0.3, -0.25) is 9.59 Å². The van der Waals surface area contributed by atoms with Crippen LogP contribution in [-0.2, 0) is 11.2 Å². The number of nitrogens with two attached hydrogens (primary N) is 1. The van der Waals surface area contributed by atoms with E-state index in [2.05, 4.69) is 5.32 Å². The minimum Gasteiger partial charge on any atom is -0.484 e. The van der Waals surface area contributed by atoms with E-state index in [-0.39, 0.29) is 12.5 Å². The molecule has 6 heteroatoms. The number of carbonyl (C=O) groups excluding carboxylic acids is 2. The molecule has 0 bridgehead atoms. The first-order valence-electron chi connectivity index (χ1n) is 6.50. The van der Waals surface area contributed by atoms with Gasteiger partial charge in [-0.1, -0.05) is 25.1 Å². The number of para-hydroxylation sites is 1. The molecule has 0 aliphatic carbocycles. The number of rotatable bonds is 6. The summed E-state index contributed by atoms with van der Waals surface area (Å²) in [6.45, 7) is 1.85. The monoisotopic (exact) mass is 304 g/mol. The molecule has 3 N–H and O–H groups in total. The number of benzene rings is 1. The highest BCUT2D eigenvalue weighted by molar-refractivity contribution is 7.16. The Hall–Kier alpha value is -2.34. The predicted molar refractivity (Wildman–Crippen MR) is 82.8 cm³/mol. The van der Waals surface area contributed by atoms with Gasteiger partial charge >= 0.3 is 0 Å². The van der Waals surface area contributed by atoms with Crippen molar-refractivity contribution in [1.82, 2.24) is 0 Å². The zero-order valence-corrected chi connectivity index (χ0v) is 12.4. The molecule has 1 aromatic heterocycles. The third-order valence-electron chi connectivity index (χ3n) is 2.76. The maximum absolute atomic E-state index is 11.9. The molecule has 1 aromatic carbocycles. The first-order chi connectivity index (χ1) is 10.1. The Morgan fingerprint density at radius 1 is 1.29 bits per heavy atom. The Morgan fingerprint density at radius 3 is 2.62 bits per heavy atom. The standard InChI is InChI=1S/C15H16N2O3S/c1-2-11-8-12(14(16)19)15(21-11)17-13(18)9-20-10-6-4-3-5-7-10/h3-8H,2,9H2,1H3,(H2,16,19)(H,17,18). The number of carbonyl (C=O) groups is 2. The fourth-order valence-electron chi connectivity index (χ4n) is 1.72. The largest absolute Gasteiger partial charge is 0.484 e. The summed E-state index contributed by atoms with van der Waals surface area (Å²) in [5, 5.41) is 3.14. The second-order valence-electron chi connectivity index (χ2n) is 4.32. The molecule has 2 rings (SSSR count). The van der Waals surface area contributed by atoms with Crippen LogP contribution in [0.25, 0.3) is 0 Å². The number of nitrogens with one attached hydrogen (secondary N) is 1. The summed E-state index contributed by atoms with van der Waals surface area (Å²) in [4.78, 5) is 24.2. The van der Waals surface area contributed by atoms with Crippen LogP contribution in [0.5, 0.6) is 5.75 Å². The normalized spacial score (nSPS) is 10.1. The Bertz CT molecular complexity index is 638. The average Bonchev–Trinajstić information content (AvgIpc) is 2.89. The van der Waals surface area contributed by atoms with Gasteiger partial charge < -0.3 is 15.8 Å². The van der Waals surface area contributed by atoms with Crippen molar-refractivity contribution >= 4 is 28.2 Å². The quantitative estimate of drug-likeness (QED) is 0.860. The predicted octanol–water partition coefficient (Wildman–Crippen LogP) is 2.43. The molecule has 0 saturated carbocycles. The maximum atomic E-state index is 11.9. The number of hydrogen-bond acceptors (Lipinski definition) is 4. The molecule has 0 saturated heterocycles. The molecule has 21 heavy (non-hydrogen) atoms. The fraction of sp³-hybridized carbons (Fsp3) is 0.200. The molecule has 0 aliphatic heterocycles. The van der Waals surface area contributed by atoms with E-state index in [1.54, 1.807) is 18.2 Å². The van der Waals surface area contributed by atoms with Gasteiger partial charge in [-0.05, 0) is 24.6 Å². The summed E-state index contributed by atoms with van der Waals surface area (Å²) in [5.74, 6) is -0.265. The zero-order valence-electron chi connectivity index (χ0n) is 11.6. The fourth-order valence-corrected chi connectivity index (χ4v) is 2.74. The van der Waals surface area contributed by atoms with Crippen LogP contribution in [0.2, 0.25) is 0 Å². The molecule has 5 nitrogen and oxygen atoms in total. The molecule has 1 heterocycles. The van der Waals surface area contributed by atoms with E-state index in [4.69, 9.17) is 10.5 Å². The summed E-state index contributed by atoms with van der Waals surface area (Å²) in [6, 6.07) is 10.8. The van der Waals surface area contributed by atoms with E-state index in [1.165, 1.54) is 11.3 Å². The minimum absolute atomic E-state index is 0.123. The van der Waals surface area contributed by atoms with Crippen molar-refractivity contribution in [2.75, 3.05) is 11.9 Å². The molecule has 110 valence electrons. The van der Waals surface area contributed by atoms with E-state index in [0.29, 0.717) is 16.3 Å². The molecule has 0 unspecified atom stereocenters.